The number of methoxy groups -OCH3 is 1. The van der Waals surface area contributed by atoms with Crippen LogP contribution in [-0.2, 0) is 14.6 Å². The lowest BCUT2D eigenvalue weighted by molar-refractivity contribution is 0.331. The van der Waals surface area contributed by atoms with Crippen LogP contribution in [0.1, 0.15) is 51.0 Å². The highest BCUT2D eigenvalue weighted by molar-refractivity contribution is 8.17. The minimum Gasteiger partial charge on any atom is -0.497 e. The molecular formula is C21H27N3O4S2. The largest absolute Gasteiger partial charge is 0.497 e. The van der Waals surface area contributed by atoms with Crippen LogP contribution in [-0.4, -0.2) is 27.1 Å². The highest BCUT2D eigenvalue weighted by Crippen LogP contribution is 2.31. The highest BCUT2D eigenvalue weighted by Gasteiger charge is 2.20. The number of hydrogen-bond acceptors (Lipinski definition) is 7. The van der Waals surface area contributed by atoms with E-state index < -0.39 is 10.3 Å². The van der Waals surface area contributed by atoms with Crippen molar-refractivity contribution < 1.29 is 17.4 Å². The molecule has 1 N–H and O–H groups in total. The predicted octanol–water partition coefficient (Wildman–Crippen LogP) is 4.76. The van der Waals surface area contributed by atoms with E-state index in [0.717, 1.165) is 19.3 Å². The van der Waals surface area contributed by atoms with Gasteiger partial charge in [0.15, 0.2) is 5.04 Å². The Kier molecular flexibility index (Phi) is 9.94. The first-order valence-corrected chi connectivity index (χ1v) is 12.2. The Morgan fingerprint density at radius 1 is 1.17 bits per heavy atom. The van der Waals surface area contributed by atoms with E-state index in [9.17, 15) is 13.7 Å². The third kappa shape index (κ3) is 7.52. The minimum absolute atomic E-state index is 0.308. The molecule has 0 unspecified atom stereocenters. The number of thioether (sulfide) groups is 1. The summed E-state index contributed by atoms with van der Waals surface area (Å²) in [6.07, 6.45) is 8.08. The molecule has 0 saturated heterocycles. The van der Waals surface area contributed by atoms with Gasteiger partial charge in [-0.3, -0.25) is 4.28 Å². The molecule has 0 aromatic heterocycles. The molecule has 0 fully saturated rings. The number of benzene rings is 1. The number of hydrogen-bond donors (Lipinski definition) is 1. The second-order valence-corrected chi connectivity index (χ2v) is 8.88. The Morgan fingerprint density at radius 2 is 1.87 bits per heavy atom. The van der Waals surface area contributed by atoms with E-state index in [1.807, 2.05) is 0 Å². The van der Waals surface area contributed by atoms with Crippen molar-refractivity contribution in [3.05, 3.63) is 46.9 Å². The molecule has 0 bridgehead atoms. The molecule has 1 aliphatic rings. The lowest BCUT2D eigenvalue weighted by Crippen LogP contribution is -2.25. The van der Waals surface area contributed by atoms with E-state index in [-0.39, 0.29) is 0 Å². The average Bonchev–Trinajstić information content (AvgIpc) is 3.21. The summed E-state index contributed by atoms with van der Waals surface area (Å²) in [5, 5.41) is 15.4. The molecule has 2 rings (SSSR count). The third-order valence-electron chi connectivity index (χ3n) is 4.43. The van der Waals surface area contributed by atoms with Crippen LogP contribution in [0.2, 0.25) is 0 Å². The van der Waals surface area contributed by atoms with Crippen LogP contribution in [0.3, 0.4) is 0 Å². The molecule has 9 heteroatoms. The molecule has 0 amide bonds. The lowest BCUT2D eigenvalue weighted by Gasteiger charge is -2.07. The van der Waals surface area contributed by atoms with Gasteiger partial charge in [0.1, 0.15) is 11.8 Å². The van der Waals surface area contributed by atoms with Crippen LogP contribution in [0.4, 0.5) is 0 Å². The Labute approximate surface area is 183 Å². The van der Waals surface area contributed by atoms with Crippen molar-refractivity contribution >= 4 is 32.7 Å². The van der Waals surface area contributed by atoms with Crippen LogP contribution < -0.4 is 9.46 Å². The molecule has 0 saturated carbocycles. The van der Waals surface area contributed by atoms with Gasteiger partial charge in [-0.15, -0.1) is 0 Å². The summed E-state index contributed by atoms with van der Waals surface area (Å²) in [5.41, 5.74) is 1.56. The molecule has 1 heterocycles. The van der Waals surface area contributed by atoms with Crippen molar-refractivity contribution in [2.45, 2.75) is 45.4 Å². The second kappa shape index (κ2) is 12.4. The van der Waals surface area contributed by atoms with E-state index >= 15 is 0 Å². The molecule has 1 aliphatic heterocycles. The summed E-state index contributed by atoms with van der Waals surface area (Å²) in [7, 11) is -2.43. The summed E-state index contributed by atoms with van der Waals surface area (Å²) in [6.45, 7) is 2.46. The molecule has 7 nitrogen and oxygen atoms in total. The number of nitriles is 1. The third-order valence-corrected chi connectivity index (χ3v) is 6.05. The fourth-order valence-electron chi connectivity index (χ4n) is 2.81. The first-order valence-electron chi connectivity index (χ1n) is 9.89. The number of nitrogens with zero attached hydrogens (tertiary/aromatic N) is 2. The quantitative estimate of drug-likeness (QED) is 0.280. The smallest absolute Gasteiger partial charge is 0.402 e. The van der Waals surface area contributed by atoms with Crippen LogP contribution in [0.25, 0.3) is 5.57 Å². The van der Waals surface area contributed by atoms with Crippen LogP contribution in [0, 0.1) is 11.3 Å². The number of allylic oxidation sites excluding steroid dienone is 2. The molecular weight excluding hydrogens is 422 g/mol. The average molecular weight is 450 g/mol. The van der Waals surface area contributed by atoms with Crippen molar-refractivity contribution in [3.63, 3.8) is 0 Å². The van der Waals surface area contributed by atoms with Crippen molar-refractivity contribution in [3.8, 4) is 11.8 Å². The fraction of sp³-hybridized carbons (Fsp3) is 0.429. The van der Waals surface area contributed by atoms with Gasteiger partial charge in [0.25, 0.3) is 0 Å². The summed E-state index contributed by atoms with van der Waals surface area (Å²) < 4.78 is 36.4. The van der Waals surface area contributed by atoms with E-state index in [0.29, 0.717) is 34.0 Å². The summed E-state index contributed by atoms with van der Waals surface area (Å²) in [4.78, 5) is 0. The van der Waals surface area contributed by atoms with Gasteiger partial charge in [-0.05, 0) is 47.7 Å². The Hall–Kier alpha value is -2.28. The number of nitrogens with one attached hydrogen (secondary N) is 1. The minimum atomic E-state index is -4.00. The van der Waals surface area contributed by atoms with Gasteiger partial charge in [0, 0.05) is 12.1 Å². The monoisotopic (exact) mass is 449 g/mol. The van der Waals surface area contributed by atoms with Crippen molar-refractivity contribution in [1.82, 2.24) is 4.72 Å². The fourth-order valence-corrected chi connectivity index (χ4v) is 4.19. The van der Waals surface area contributed by atoms with Crippen LogP contribution >= 0.6 is 11.8 Å². The topological polar surface area (TPSA) is 101 Å². The molecule has 0 spiro atoms. The maximum Gasteiger partial charge on any atom is 0.402 e. The number of unbranched alkanes of at least 4 members (excludes halogenated alkanes) is 5. The zero-order valence-electron chi connectivity index (χ0n) is 17.3. The zero-order chi connectivity index (χ0) is 21.8. The van der Waals surface area contributed by atoms with E-state index in [2.05, 4.69) is 22.9 Å². The number of rotatable bonds is 12. The predicted molar refractivity (Wildman–Crippen MR) is 121 cm³/mol. The summed E-state index contributed by atoms with van der Waals surface area (Å²) in [6, 6.07) is 9.19. The van der Waals surface area contributed by atoms with Gasteiger partial charge < -0.3 is 4.74 Å². The molecule has 30 heavy (non-hydrogen) atoms. The van der Waals surface area contributed by atoms with E-state index in [4.69, 9.17) is 9.02 Å². The molecule has 1 aromatic carbocycles. The summed E-state index contributed by atoms with van der Waals surface area (Å²) >= 11 is 1.20. The van der Waals surface area contributed by atoms with Gasteiger partial charge in [0.2, 0.25) is 0 Å². The number of oxime groups is 1. The van der Waals surface area contributed by atoms with Gasteiger partial charge in [-0.1, -0.05) is 55.9 Å². The van der Waals surface area contributed by atoms with Gasteiger partial charge in [0.05, 0.1) is 12.7 Å². The van der Waals surface area contributed by atoms with Crippen molar-refractivity contribution in [2.75, 3.05) is 13.7 Å². The normalized spacial score (nSPS) is 16.5. The standard InChI is InChI=1S/C21H27N3O4S2/c1-3-4-5-6-7-8-14-23-30(25,26)28-24-21-19(13-15-29-21)20(16-22)17-9-11-18(27-2)12-10-17/h9-13,15,23H,3-8,14H2,1-2H3/b20-19+,24-21-. The van der Waals surface area contributed by atoms with Crippen molar-refractivity contribution in [2.24, 2.45) is 5.16 Å². The second-order valence-electron chi connectivity index (χ2n) is 6.64. The molecule has 162 valence electrons. The Balaban J connectivity index is 2.00. The van der Waals surface area contributed by atoms with Gasteiger partial charge in [-0.25, -0.2) is 0 Å². The van der Waals surface area contributed by atoms with Gasteiger partial charge >= 0.3 is 10.3 Å². The van der Waals surface area contributed by atoms with E-state index in [1.54, 1.807) is 42.9 Å². The van der Waals surface area contributed by atoms with Crippen molar-refractivity contribution in [1.29, 1.82) is 5.26 Å². The molecule has 1 aromatic rings. The first-order chi connectivity index (χ1) is 14.5. The first kappa shape index (κ1) is 24.0. The molecule has 0 radical (unpaired) electrons. The lowest BCUT2D eigenvalue weighted by atomic mass is 10.0. The Bertz CT molecular complexity index is 930. The maximum absolute atomic E-state index is 12.0. The summed E-state index contributed by atoms with van der Waals surface area (Å²) in [5.74, 6) is 0.678. The van der Waals surface area contributed by atoms with Gasteiger partial charge in [-0.2, -0.15) is 18.4 Å². The Morgan fingerprint density at radius 3 is 2.53 bits per heavy atom. The zero-order valence-corrected chi connectivity index (χ0v) is 18.9. The number of ether oxygens (including phenoxy) is 1. The van der Waals surface area contributed by atoms with Crippen LogP contribution in [0.15, 0.2) is 46.5 Å². The van der Waals surface area contributed by atoms with Crippen LogP contribution in [0.5, 0.6) is 5.75 Å². The van der Waals surface area contributed by atoms with E-state index in [1.165, 1.54) is 31.0 Å². The molecule has 0 aliphatic carbocycles. The highest BCUT2D eigenvalue weighted by atomic mass is 32.2. The SMILES string of the molecule is CCCCCCCCNS(=O)(=O)O/N=C1\SC=C\C1=C(\C#N)c1ccc(OC)cc1. The molecule has 0 atom stereocenters. The maximum atomic E-state index is 12.0.